The highest BCUT2D eigenvalue weighted by molar-refractivity contribution is 5.53. The summed E-state index contributed by atoms with van der Waals surface area (Å²) in [5, 5.41) is 3.39. The highest BCUT2D eigenvalue weighted by Crippen LogP contribution is 2.25. The maximum Gasteiger partial charge on any atom is 0.387 e. The first-order valence-corrected chi connectivity index (χ1v) is 6.84. The third-order valence-corrected chi connectivity index (χ3v) is 3.34. The molecule has 0 fully saturated rings. The normalized spacial score (nSPS) is 12.3. The summed E-state index contributed by atoms with van der Waals surface area (Å²) in [6, 6.07) is 12.9. The summed E-state index contributed by atoms with van der Waals surface area (Å²) in [7, 11) is 0. The monoisotopic (exact) mass is 291 g/mol. The van der Waals surface area contributed by atoms with Crippen LogP contribution in [0.1, 0.15) is 29.7 Å². The lowest BCUT2D eigenvalue weighted by Gasteiger charge is -2.18. The predicted molar refractivity (Wildman–Crippen MR) is 81.0 cm³/mol. The summed E-state index contributed by atoms with van der Waals surface area (Å²) in [6.07, 6.45) is 0. The van der Waals surface area contributed by atoms with E-state index in [1.165, 1.54) is 11.6 Å². The van der Waals surface area contributed by atoms with Crippen molar-refractivity contribution in [3.05, 3.63) is 59.2 Å². The van der Waals surface area contributed by atoms with Gasteiger partial charge in [-0.15, -0.1) is 0 Å². The fourth-order valence-electron chi connectivity index (χ4n) is 2.25. The minimum absolute atomic E-state index is 0.00683. The lowest BCUT2D eigenvalue weighted by Crippen LogP contribution is -2.08. The van der Waals surface area contributed by atoms with E-state index >= 15 is 0 Å². The van der Waals surface area contributed by atoms with Crippen LogP contribution in [-0.2, 0) is 0 Å². The first kappa shape index (κ1) is 15.3. The Morgan fingerprint density at radius 3 is 2.48 bits per heavy atom. The smallest absolute Gasteiger partial charge is 0.387 e. The maximum atomic E-state index is 12.3. The maximum absolute atomic E-state index is 12.3. The van der Waals surface area contributed by atoms with Crippen LogP contribution in [0.15, 0.2) is 42.5 Å². The lowest BCUT2D eigenvalue weighted by atomic mass is 10.1. The van der Waals surface area contributed by atoms with Gasteiger partial charge in [-0.2, -0.15) is 8.78 Å². The highest BCUT2D eigenvalue weighted by atomic mass is 19.3. The van der Waals surface area contributed by atoms with E-state index in [0.29, 0.717) is 0 Å². The number of halogens is 2. The minimum atomic E-state index is -2.80. The van der Waals surface area contributed by atoms with E-state index in [-0.39, 0.29) is 11.8 Å². The highest BCUT2D eigenvalue weighted by Gasteiger charge is 2.10. The Morgan fingerprint density at radius 2 is 1.81 bits per heavy atom. The zero-order chi connectivity index (χ0) is 15.4. The number of benzene rings is 2. The molecule has 0 aliphatic rings. The van der Waals surface area contributed by atoms with E-state index in [9.17, 15) is 8.78 Å². The number of nitrogens with one attached hydrogen (secondary N) is 1. The van der Waals surface area contributed by atoms with E-state index in [4.69, 9.17) is 0 Å². The van der Waals surface area contributed by atoms with Gasteiger partial charge in [-0.1, -0.05) is 29.8 Å². The number of rotatable bonds is 5. The molecule has 0 amide bonds. The van der Waals surface area contributed by atoms with Crippen molar-refractivity contribution in [2.24, 2.45) is 0 Å². The SMILES string of the molecule is Cc1ccc(NC(C)c2cccc(OC(F)F)c2)c(C)c1. The van der Waals surface area contributed by atoms with Gasteiger partial charge in [-0.25, -0.2) is 0 Å². The average Bonchev–Trinajstić information content (AvgIpc) is 2.41. The molecule has 2 aromatic rings. The Morgan fingerprint density at radius 1 is 1.05 bits per heavy atom. The molecule has 1 atom stereocenters. The fraction of sp³-hybridized carbons (Fsp3) is 0.294. The van der Waals surface area contributed by atoms with Gasteiger partial charge in [0.1, 0.15) is 5.75 Å². The summed E-state index contributed by atoms with van der Waals surface area (Å²) >= 11 is 0. The van der Waals surface area contributed by atoms with Crippen molar-refractivity contribution >= 4 is 5.69 Å². The van der Waals surface area contributed by atoms with Crippen LogP contribution in [0.5, 0.6) is 5.75 Å². The van der Waals surface area contributed by atoms with Crippen molar-refractivity contribution in [3.63, 3.8) is 0 Å². The largest absolute Gasteiger partial charge is 0.435 e. The molecule has 0 aromatic heterocycles. The van der Waals surface area contributed by atoms with E-state index in [2.05, 4.69) is 16.1 Å². The molecule has 21 heavy (non-hydrogen) atoms. The molecule has 0 aliphatic heterocycles. The second-order valence-corrected chi connectivity index (χ2v) is 5.14. The van der Waals surface area contributed by atoms with E-state index in [1.807, 2.05) is 39.0 Å². The topological polar surface area (TPSA) is 21.3 Å². The van der Waals surface area contributed by atoms with Crippen molar-refractivity contribution in [2.75, 3.05) is 5.32 Å². The summed E-state index contributed by atoms with van der Waals surface area (Å²) in [4.78, 5) is 0. The first-order valence-electron chi connectivity index (χ1n) is 6.84. The van der Waals surface area contributed by atoms with E-state index < -0.39 is 6.61 Å². The molecule has 2 rings (SSSR count). The Labute approximate surface area is 123 Å². The molecule has 0 heterocycles. The second kappa shape index (κ2) is 6.57. The van der Waals surface area contributed by atoms with Gasteiger partial charge in [0, 0.05) is 11.7 Å². The van der Waals surface area contributed by atoms with Gasteiger partial charge in [-0.3, -0.25) is 0 Å². The van der Waals surface area contributed by atoms with Gasteiger partial charge >= 0.3 is 6.61 Å². The van der Waals surface area contributed by atoms with Gasteiger partial charge in [0.25, 0.3) is 0 Å². The van der Waals surface area contributed by atoms with Crippen LogP contribution >= 0.6 is 0 Å². The van der Waals surface area contributed by atoms with Crippen molar-refractivity contribution in [2.45, 2.75) is 33.4 Å². The molecular weight excluding hydrogens is 272 g/mol. The molecule has 0 radical (unpaired) electrons. The van der Waals surface area contributed by atoms with Crippen molar-refractivity contribution in [1.82, 2.24) is 0 Å². The zero-order valence-corrected chi connectivity index (χ0v) is 12.4. The number of anilines is 1. The van der Waals surface area contributed by atoms with Gasteiger partial charge in [0.15, 0.2) is 0 Å². The van der Waals surface area contributed by atoms with E-state index in [1.54, 1.807) is 12.1 Å². The molecule has 1 N–H and O–H groups in total. The fourth-order valence-corrected chi connectivity index (χ4v) is 2.25. The van der Waals surface area contributed by atoms with Gasteiger partial charge in [-0.05, 0) is 50.1 Å². The third kappa shape index (κ3) is 4.18. The molecule has 0 saturated carbocycles. The number of aryl methyl sites for hydroxylation is 2. The quantitative estimate of drug-likeness (QED) is 0.829. The van der Waals surface area contributed by atoms with E-state index in [0.717, 1.165) is 16.8 Å². The second-order valence-electron chi connectivity index (χ2n) is 5.14. The van der Waals surface area contributed by atoms with Crippen molar-refractivity contribution in [3.8, 4) is 5.75 Å². The molecule has 0 spiro atoms. The molecule has 112 valence electrons. The van der Waals surface area contributed by atoms with Gasteiger partial charge in [0.2, 0.25) is 0 Å². The molecule has 0 saturated heterocycles. The van der Waals surface area contributed by atoms with Crippen LogP contribution in [0.4, 0.5) is 14.5 Å². The first-order chi connectivity index (χ1) is 9.95. The molecule has 1 unspecified atom stereocenters. The van der Waals surface area contributed by atoms with Crippen molar-refractivity contribution in [1.29, 1.82) is 0 Å². The predicted octanol–water partition coefficient (Wildman–Crippen LogP) is 5.08. The molecule has 2 nitrogen and oxygen atoms in total. The van der Waals surface area contributed by atoms with Crippen LogP contribution < -0.4 is 10.1 Å². The number of hydrogen-bond acceptors (Lipinski definition) is 2. The molecule has 4 heteroatoms. The Kier molecular flexibility index (Phi) is 4.78. The summed E-state index contributed by atoms with van der Waals surface area (Å²) in [5.74, 6) is 0.178. The standard InChI is InChI=1S/C17H19F2NO/c1-11-7-8-16(12(2)9-11)20-13(3)14-5-4-6-15(10-14)21-17(18)19/h4-10,13,17,20H,1-3H3. The Hall–Kier alpha value is -2.10. The van der Waals surface area contributed by atoms with Crippen LogP contribution in [0.25, 0.3) is 0 Å². The molecular formula is C17H19F2NO. The van der Waals surface area contributed by atoms with Crippen LogP contribution in [0, 0.1) is 13.8 Å². The molecule has 0 aliphatic carbocycles. The van der Waals surface area contributed by atoms with Gasteiger partial charge in [0.05, 0.1) is 0 Å². The number of alkyl halides is 2. The van der Waals surface area contributed by atoms with Gasteiger partial charge < -0.3 is 10.1 Å². The summed E-state index contributed by atoms with van der Waals surface area (Å²) < 4.78 is 28.9. The third-order valence-electron chi connectivity index (χ3n) is 3.34. The zero-order valence-electron chi connectivity index (χ0n) is 12.4. The average molecular weight is 291 g/mol. The van der Waals surface area contributed by atoms with Crippen LogP contribution in [-0.4, -0.2) is 6.61 Å². The Bertz CT molecular complexity index is 613. The molecule has 0 bridgehead atoms. The van der Waals surface area contributed by atoms with Crippen LogP contribution in [0.3, 0.4) is 0 Å². The van der Waals surface area contributed by atoms with Crippen LogP contribution in [0.2, 0.25) is 0 Å². The lowest BCUT2D eigenvalue weighted by molar-refractivity contribution is -0.0498. The molecule has 2 aromatic carbocycles. The summed E-state index contributed by atoms with van der Waals surface area (Å²) in [6.45, 7) is 3.27. The minimum Gasteiger partial charge on any atom is -0.435 e. The van der Waals surface area contributed by atoms with Crippen molar-refractivity contribution < 1.29 is 13.5 Å². The Balaban J connectivity index is 2.14. The summed E-state index contributed by atoms with van der Waals surface area (Å²) in [5.41, 5.74) is 4.29. The number of hydrogen-bond donors (Lipinski definition) is 1. The number of ether oxygens (including phenoxy) is 1.